The average molecular weight is 267 g/mol. The third-order valence-electron chi connectivity index (χ3n) is 3.25. The van der Waals surface area contributed by atoms with Crippen molar-refractivity contribution >= 4 is 22.7 Å². The van der Waals surface area contributed by atoms with Crippen LogP contribution in [0.4, 0.5) is 5.82 Å². The molecule has 0 amide bonds. The molecule has 3 nitrogen and oxygen atoms in total. The molecule has 19 heavy (non-hydrogen) atoms. The van der Waals surface area contributed by atoms with Crippen molar-refractivity contribution in [3.05, 3.63) is 52.4 Å². The predicted octanol–water partition coefficient (Wildman–Crippen LogP) is 3.31. The molecule has 0 fully saturated rings. The van der Waals surface area contributed by atoms with Crippen LogP contribution in [0.2, 0.25) is 0 Å². The van der Waals surface area contributed by atoms with E-state index in [9.17, 15) is 0 Å². The lowest BCUT2D eigenvalue weighted by atomic mass is 10.1. The quantitative estimate of drug-likeness (QED) is 0.838. The molecule has 0 bridgehead atoms. The maximum absolute atomic E-state index is 8.77. The van der Waals surface area contributed by atoms with E-state index < -0.39 is 0 Å². The van der Waals surface area contributed by atoms with E-state index >= 15 is 0 Å². The molecular formula is C15H13N3S. The number of pyridine rings is 1. The Morgan fingerprint density at radius 1 is 1.32 bits per heavy atom. The van der Waals surface area contributed by atoms with Gasteiger partial charge in [-0.15, -0.1) is 11.3 Å². The van der Waals surface area contributed by atoms with E-state index in [0.29, 0.717) is 5.56 Å². The summed E-state index contributed by atoms with van der Waals surface area (Å²) in [5.41, 5.74) is 2.04. The number of thiophene rings is 1. The first-order valence-electron chi connectivity index (χ1n) is 6.21. The van der Waals surface area contributed by atoms with E-state index in [1.165, 1.54) is 10.5 Å². The molecule has 3 rings (SSSR count). The van der Waals surface area contributed by atoms with Crippen LogP contribution >= 0.6 is 11.3 Å². The van der Waals surface area contributed by atoms with Gasteiger partial charge in [-0.3, -0.25) is 0 Å². The fourth-order valence-corrected chi connectivity index (χ4v) is 3.00. The molecule has 2 aromatic heterocycles. The molecule has 0 radical (unpaired) electrons. The van der Waals surface area contributed by atoms with Crippen LogP contribution in [0.1, 0.15) is 16.9 Å². The van der Waals surface area contributed by atoms with Gasteiger partial charge in [-0.05, 0) is 35.6 Å². The minimum atomic E-state index is 0.607. The zero-order valence-corrected chi connectivity index (χ0v) is 11.2. The van der Waals surface area contributed by atoms with Gasteiger partial charge >= 0.3 is 0 Å². The highest BCUT2D eigenvalue weighted by Gasteiger charge is 2.14. The van der Waals surface area contributed by atoms with E-state index in [1.54, 1.807) is 17.5 Å². The summed E-state index contributed by atoms with van der Waals surface area (Å²) in [6, 6.07) is 10.1. The highest BCUT2D eigenvalue weighted by Crippen LogP contribution is 2.27. The number of aromatic nitrogens is 1. The molecule has 0 atom stereocenters. The van der Waals surface area contributed by atoms with Gasteiger partial charge in [0, 0.05) is 24.2 Å². The fraction of sp³-hybridized carbons (Fsp3) is 0.200. The minimum absolute atomic E-state index is 0.607. The number of rotatable bonds is 2. The number of nitrogens with zero attached hydrogens (tertiary/aromatic N) is 3. The number of hydrogen-bond acceptors (Lipinski definition) is 4. The third-order valence-corrected chi connectivity index (χ3v) is 4.19. The zero-order chi connectivity index (χ0) is 13.1. The van der Waals surface area contributed by atoms with E-state index in [-0.39, 0.29) is 0 Å². The molecular weight excluding hydrogens is 254 g/mol. The van der Waals surface area contributed by atoms with E-state index in [1.807, 2.05) is 12.1 Å². The molecule has 0 N–H and O–H groups in total. The lowest BCUT2D eigenvalue weighted by Crippen LogP contribution is -2.28. The van der Waals surface area contributed by atoms with Crippen LogP contribution in [0.25, 0.3) is 5.57 Å². The lowest BCUT2D eigenvalue weighted by molar-refractivity contribution is 0.817. The standard InChI is InChI=1S/C15H13N3S/c16-10-12-3-4-15(17-11-12)18-7-5-13(6-8-18)14-2-1-9-19-14/h1-5,9,11H,6-8H2. The van der Waals surface area contributed by atoms with Gasteiger partial charge in [0.2, 0.25) is 0 Å². The lowest BCUT2D eigenvalue weighted by Gasteiger charge is -2.27. The highest BCUT2D eigenvalue weighted by atomic mass is 32.1. The molecule has 94 valence electrons. The Balaban J connectivity index is 1.74. The van der Waals surface area contributed by atoms with Crippen LogP contribution in [0.5, 0.6) is 0 Å². The van der Waals surface area contributed by atoms with Crippen LogP contribution in [-0.2, 0) is 0 Å². The number of nitriles is 1. The monoisotopic (exact) mass is 267 g/mol. The van der Waals surface area contributed by atoms with E-state index in [2.05, 4.69) is 39.5 Å². The minimum Gasteiger partial charge on any atom is -0.353 e. The summed E-state index contributed by atoms with van der Waals surface area (Å²) in [4.78, 5) is 7.94. The Morgan fingerprint density at radius 2 is 2.26 bits per heavy atom. The van der Waals surface area contributed by atoms with E-state index in [0.717, 1.165) is 25.3 Å². The van der Waals surface area contributed by atoms with Crippen molar-refractivity contribution in [2.24, 2.45) is 0 Å². The summed E-state index contributed by atoms with van der Waals surface area (Å²) in [5.74, 6) is 0.945. The first-order valence-corrected chi connectivity index (χ1v) is 7.09. The van der Waals surface area contributed by atoms with Gasteiger partial charge in [0.1, 0.15) is 11.9 Å². The molecule has 2 aromatic rings. The van der Waals surface area contributed by atoms with E-state index in [4.69, 9.17) is 5.26 Å². The first kappa shape index (κ1) is 11.9. The predicted molar refractivity (Wildman–Crippen MR) is 78.1 cm³/mol. The summed E-state index contributed by atoms with van der Waals surface area (Å²) in [6.45, 7) is 1.86. The maximum atomic E-state index is 8.77. The molecule has 3 heterocycles. The van der Waals surface area contributed by atoms with Gasteiger partial charge in [0.25, 0.3) is 0 Å². The van der Waals surface area contributed by atoms with Crippen LogP contribution in [-0.4, -0.2) is 18.1 Å². The van der Waals surface area contributed by atoms with Crippen LogP contribution in [0.15, 0.2) is 41.9 Å². The second-order valence-corrected chi connectivity index (χ2v) is 5.37. The summed E-state index contributed by atoms with van der Waals surface area (Å²) >= 11 is 1.79. The Kier molecular flexibility index (Phi) is 3.30. The molecule has 0 aliphatic carbocycles. The van der Waals surface area contributed by atoms with Crippen LogP contribution in [0.3, 0.4) is 0 Å². The van der Waals surface area contributed by atoms with Crippen molar-refractivity contribution in [1.29, 1.82) is 5.26 Å². The maximum Gasteiger partial charge on any atom is 0.128 e. The molecule has 0 unspecified atom stereocenters. The molecule has 0 aromatic carbocycles. The zero-order valence-electron chi connectivity index (χ0n) is 10.4. The smallest absolute Gasteiger partial charge is 0.128 e. The Hall–Kier alpha value is -2.12. The average Bonchev–Trinajstić information content (AvgIpc) is 3.02. The fourth-order valence-electron chi connectivity index (χ4n) is 2.20. The van der Waals surface area contributed by atoms with Crippen molar-refractivity contribution in [1.82, 2.24) is 4.98 Å². The molecule has 0 spiro atoms. The second kappa shape index (κ2) is 5.25. The van der Waals surface area contributed by atoms with Gasteiger partial charge in [0.05, 0.1) is 5.56 Å². The largest absolute Gasteiger partial charge is 0.353 e. The summed E-state index contributed by atoms with van der Waals surface area (Å²) in [5, 5.41) is 10.9. The topological polar surface area (TPSA) is 39.9 Å². The summed E-state index contributed by atoms with van der Waals surface area (Å²) < 4.78 is 0. The third kappa shape index (κ3) is 2.51. The van der Waals surface area contributed by atoms with Crippen LogP contribution < -0.4 is 4.90 Å². The summed E-state index contributed by atoms with van der Waals surface area (Å²) in [7, 11) is 0. The normalized spacial score (nSPS) is 14.9. The highest BCUT2D eigenvalue weighted by molar-refractivity contribution is 7.11. The van der Waals surface area contributed by atoms with Gasteiger partial charge in [-0.2, -0.15) is 5.26 Å². The van der Waals surface area contributed by atoms with Crippen molar-refractivity contribution in [2.45, 2.75) is 6.42 Å². The molecule has 0 saturated carbocycles. The second-order valence-electron chi connectivity index (χ2n) is 4.42. The van der Waals surface area contributed by atoms with Gasteiger partial charge in [0.15, 0.2) is 0 Å². The number of hydrogen-bond donors (Lipinski definition) is 0. The van der Waals surface area contributed by atoms with Crippen LogP contribution in [0, 0.1) is 11.3 Å². The first-order chi connectivity index (χ1) is 9.36. The SMILES string of the molecule is N#Cc1ccc(N2CC=C(c3cccs3)CC2)nc1. The van der Waals surface area contributed by atoms with Crippen molar-refractivity contribution in [3.63, 3.8) is 0 Å². The molecule has 1 aliphatic rings. The molecule has 1 aliphatic heterocycles. The van der Waals surface area contributed by atoms with Gasteiger partial charge in [-0.1, -0.05) is 12.1 Å². The Morgan fingerprint density at radius 3 is 2.84 bits per heavy atom. The van der Waals surface area contributed by atoms with Gasteiger partial charge < -0.3 is 4.90 Å². The Bertz CT molecular complexity index is 620. The van der Waals surface area contributed by atoms with Gasteiger partial charge in [-0.25, -0.2) is 4.98 Å². The van der Waals surface area contributed by atoms with Crippen molar-refractivity contribution < 1.29 is 0 Å². The van der Waals surface area contributed by atoms with Crippen molar-refractivity contribution in [2.75, 3.05) is 18.0 Å². The molecule has 4 heteroatoms. The Labute approximate surface area is 116 Å². The summed E-state index contributed by atoms with van der Waals surface area (Å²) in [6.07, 6.45) is 4.95. The van der Waals surface area contributed by atoms with Crippen molar-refractivity contribution in [3.8, 4) is 6.07 Å². The molecule has 0 saturated heterocycles. The number of anilines is 1.